The van der Waals surface area contributed by atoms with Crippen molar-refractivity contribution in [1.29, 1.82) is 5.41 Å². The van der Waals surface area contributed by atoms with Crippen molar-refractivity contribution in [3.8, 4) is 0 Å². The van der Waals surface area contributed by atoms with Crippen LogP contribution in [0.15, 0.2) is 48.5 Å². The van der Waals surface area contributed by atoms with Crippen molar-refractivity contribution in [2.75, 3.05) is 13.1 Å². The fourth-order valence-electron chi connectivity index (χ4n) is 3.11. The van der Waals surface area contributed by atoms with Crippen LogP contribution in [0.2, 0.25) is 0 Å². The molecule has 0 aromatic heterocycles. The van der Waals surface area contributed by atoms with Gasteiger partial charge in [0.15, 0.2) is 0 Å². The lowest BCUT2D eigenvalue weighted by Crippen LogP contribution is -2.48. The minimum atomic E-state index is -1.31. The number of rotatable bonds is 13. The van der Waals surface area contributed by atoms with E-state index in [2.05, 4.69) is 16.0 Å². The number of nitrogens with one attached hydrogen (secondary N) is 4. The van der Waals surface area contributed by atoms with Crippen molar-refractivity contribution in [3.05, 3.63) is 70.8 Å². The molecule has 1 atom stereocenters. The number of aliphatic carboxylic acids is 1. The van der Waals surface area contributed by atoms with E-state index in [1.807, 2.05) is 0 Å². The SMILES string of the molecule is N=C(N)c1ccc(C(=O)NCCC(=O)N[C@@H](CC(=O)O)C(=O)NCCc2ccc(C(=O)O)cc2)cc1. The lowest BCUT2D eigenvalue weighted by atomic mass is 10.1. The lowest BCUT2D eigenvalue weighted by Gasteiger charge is -2.17. The Bertz CT molecular complexity index is 1130. The number of amidine groups is 1. The average Bonchev–Trinajstić information content (AvgIpc) is 2.83. The Kier molecular flexibility index (Phi) is 10.1. The lowest BCUT2D eigenvalue weighted by molar-refractivity contribution is -0.140. The second kappa shape index (κ2) is 13.2. The molecule has 3 amide bonds. The maximum absolute atomic E-state index is 12.4. The van der Waals surface area contributed by atoms with E-state index in [1.54, 1.807) is 12.1 Å². The molecule has 0 bridgehead atoms. The Balaban J connectivity index is 1.81. The van der Waals surface area contributed by atoms with Crippen molar-refractivity contribution in [2.45, 2.75) is 25.3 Å². The zero-order chi connectivity index (χ0) is 26.7. The maximum atomic E-state index is 12.4. The summed E-state index contributed by atoms with van der Waals surface area (Å²) in [7, 11) is 0. The number of hydrogen-bond donors (Lipinski definition) is 7. The van der Waals surface area contributed by atoms with Crippen molar-refractivity contribution in [3.63, 3.8) is 0 Å². The summed E-state index contributed by atoms with van der Waals surface area (Å²) in [6.07, 6.45) is -0.435. The van der Waals surface area contributed by atoms with Crippen LogP contribution >= 0.6 is 0 Å². The normalized spacial score (nSPS) is 11.1. The number of amides is 3. The molecule has 0 saturated heterocycles. The number of carboxylic acid groups (broad SMARTS) is 2. The molecular formula is C24H27N5O7. The first-order valence-electron chi connectivity index (χ1n) is 10.9. The molecule has 2 rings (SSSR count). The summed E-state index contributed by atoms with van der Waals surface area (Å²) in [4.78, 5) is 58.9. The van der Waals surface area contributed by atoms with E-state index in [1.165, 1.54) is 36.4 Å². The third-order valence-electron chi connectivity index (χ3n) is 5.04. The molecule has 2 aromatic carbocycles. The number of hydrogen-bond acceptors (Lipinski definition) is 6. The van der Waals surface area contributed by atoms with E-state index in [0.717, 1.165) is 5.56 Å². The van der Waals surface area contributed by atoms with Crippen molar-refractivity contribution in [2.24, 2.45) is 5.73 Å². The summed E-state index contributed by atoms with van der Waals surface area (Å²) in [6, 6.07) is 10.8. The van der Waals surface area contributed by atoms with Gasteiger partial charge in [-0.3, -0.25) is 24.6 Å². The summed E-state index contributed by atoms with van der Waals surface area (Å²) in [5.41, 5.74) is 7.04. The molecule has 0 fully saturated rings. The zero-order valence-electron chi connectivity index (χ0n) is 19.2. The highest BCUT2D eigenvalue weighted by Gasteiger charge is 2.23. The molecule has 12 nitrogen and oxygen atoms in total. The van der Waals surface area contributed by atoms with Crippen LogP contribution in [0.3, 0.4) is 0 Å². The van der Waals surface area contributed by atoms with Crippen LogP contribution in [0.1, 0.15) is 44.7 Å². The smallest absolute Gasteiger partial charge is 0.335 e. The molecule has 0 aliphatic rings. The zero-order valence-corrected chi connectivity index (χ0v) is 19.2. The fourth-order valence-corrected chi connectivity index (χ4v) is 3.11. The van der Waals surface area contributed by atoms with Crippen LogP contribution in [0.25, 0.3) is 0 Å². The first-order valence-corrected chi connectivity index (χ1v) is 10.9. The molecule has 12 heteroatoms. The van der Waals surface area contributed by atoms with Gasteiger partial charge in [-0.15, -0.1) is 0 Å². The minimum absolute atomic E-state index is 0.0487. The van der Waals surface area contributed by atoms with Gasteiger partial charge in [0.1, 0.15) is 11.9 Å². The predicted molar refractivity (Wildman–Crippen MR) is 129 cm³/mol. The minimum Gasteiger partial charge on any atom is -0.481 e. The van der Waals surface area contributed by atoms with Gasteiger partial charge in [0.05, 0.1) is 12.0 Å². The van der Waals surface area contributed by atoms with Crippen molar-refractivity contribution >= 4 is 35.5 Å². The van der Waals surface area contributed by atoms with Gasteiger partial charge in [-0.25, -0.2) is 4.79 Å². The molecule has 0 radical (unpaired) electrons. The molecule has 0 unspecified atom stereocenters. The summed E-state index contributed by atoms with van der Waals surface area (Å²) in [6.45, 7) is 0.0998. The molecule has 0 aliphatic carbocycles. The molecule has 190 valence electrons. The Morgan fingerprint density at radius 1 is 0.833 bits per heavy atom. The molecular weight excluding hydrogens is 470 g/mol. The van der Waals surface area contributed by atoms with Gasteiger partial charge in [-0.05, 0) is 36.2 Å². The topological polar surface area (TPSA) is 212 Å². The molecule has 36 heavy (non-hydrogen) atoms. The number of nitrogens with two attached hydrogens (primary N) is 1. The Morgan fingerprint density at radius 3 is 1.97 bits per heavy atom. The molecule has 0 heterocycles. The monoisotopic (exact) mass is 497 g/mol. The van der Waals surface area contributed by atoms with Crippen LogP contribution < -0.4 is 21.7 Å². The van der Waals surface area contributed by atoms with Gasteiger partial charge in [0, 0.05) is 30.6 Å². The average molecular weight is 498 g/mol. The molecule has 0 saturated carbocycles. The molecule has 0 spiro atoms. The molecule has 2 aromatic rings. The van der Waals surface area contributed by atoms with Crippen LogP contribution in [-0.4, -0.2) is 64.8 Å². The molecule has 8 N–H and O–H groups in total. The van der Waals surface area contributed by atoms with E-state index in [-0.39, 0.29) is 30.9 Å². The number of carbonyl (C=O) groups excluding carboxylic acids is 3. The first-order chi connectivity index (χ1) is 17.1. The summed E-state index contributed by atoms with van der Waals surface area (Å²) >= 11 is 0. The third-order valence-corrected chi connectivity index (χ3v) is 5.04. The van der Waals surface area contributed by atoms with E-state index in [4.69, 9.17) is 21.4 Å². The highest BCUT2D eigenvalue weighted by Crippen LogP contribution is 2.06. The largest absolute Gasteiger partial charge is 0.481 e. The molecule has 0 aliphatic heterocycles. The summed E-state index contributed by atoms with van der Waals surface area (Å²) in [5.74, 6) is -4.20. The Morgan fingerprint density at radius 2 is 1.42 bits per heavy atom. The highest BCUT2D eigenvalue weighted by atomic mass is 16.4. The van der Waals surface area contributed by atoms with E-state index >= 15 is 0 Å². The third kappa shape index (κ3) is 8.89. The van der Waals surface area contributed by atoms with Gasteiger partial charge < -0.3 is 31.9 Å². The number of benzene rings is 2. The number of carboxylic acids is 2. The van der Waals surface area contributed by atoms with Gasteiger partial charge in [-0.2, -0.15) is 0 Å². The van der Waals surface area contributed by atoms with Crippen molar-refractivity contribution < 1.29 is 34.2 Å². The second-order valence-corrected chi connectivity index (χ2v) is 7.76. The summed E-state index contributed by atoms with van der Waals surface area (Å²) < 4.78 is 0. The number of carbonyl (C=O) groups is 5. The van der Waals surface area contributed by atoms with Crippen LogP contribution in [-0.2, 0) is 20.8 Å². The van der Waals surface area contributed by atoms with Gasteiger partial charge in [-0.1, -0.05) is 24.3 Å². The van der Waals surface area contributed by atoms with Crippen LogP contribution in [0.5, 0.6) is 0 Å². The number of aromatic carboxylic acids is 1. The van der Waals surface area contributed by atoms with Gasteiger partial charge >= 0.3 is 11.9 Å². The van der Waals surface area contributed by atoms with Crippen LogP contribution in [0.4, 0.5) is 0 Å². The number of nitrogen functional groups attached to an aromatic ring is 1. The predicted octanol–water partition coefficient (Wildman–Crippen LogP) is 0.107. The Hall–Kier alpha value is -4.74. The van der Waals surface area contributed by atoms with E-state index < -0.39 is 42.1 Å². The standard InChI is InChI=1S/C24H27N5O7/c25-21(26)15-5-7-16(8-6-15)22(33)27-12-10-19(30)29-18(13-20(31)32)23(34)28-11-9-14-1-3-17(4-2-14)24(35)36/h1-8,18H,9-13H2,(H3,25,26)(H,27,33)(H,28,34)(H,29,30)(H,31,32)(H,35,36)/t18-/m0/s1. The van der Waals surface area contributed by atoms with E-state index in [0.29, 0.717) is 17.5 Å². The van der Waals surface area contributed by atoms with Gasteiger partial charge in [0.25, 0.3) is 5.91 Å². The Labute approximate surface area is 206 Å². The van der Waals surface area contributed by atoms with E-state index in [9.17, 15) is 24.0 Å². The van der Waals surface area contributed by atoms with Crippen LogP contribution in [0, 0.1) is 5.41 Å². The van der Waals surface area contributed by atoms with Crippen molar-refractivity contribution in [1.82, 2.24) is 16.0 Å². The second-order valence-electron chi connectivity index (χ2n) is 7.76. The fraction of sp³-hybridized carbons (Fsp3) is 0.250. The quantitative estimate of drug-likeness (QED) is 0.149. The summed E-state index contributed by atoms with van der Waals surface area (Å²) in [5, 5.41) is 32.8. The maximum Gasteiger partial charge on any atom is 0.335 e. The van der Waals surface area contributed by atoms with Gasteiger partial charge in [0.2, 0.25) is 11.8 Å². The highest BCUT2D eigenvalue weighted by molar-refractivity contribution is 5.98. The first kappa shape index (κ1) is 27.5.